The molecule has 1 saturated heterocycles. The summed E-state index contributed by atoms with van der Waals surface area (Å²) >= 11 is 1.64. The number of nitrogens with zero attached hydrogens (tertiary/aromatic N) is 1. The molecule has 1 fully saturated rings. The van der Waals surface area contributed by atoms with Crippen LogP contribution in [0.2, 0.25) is 0 Å². The summed E-state index contributed by atoms with van der Waals surface area (Å²) in [7, 11) is -1.40. The fourth-order valence-corrected chi connectivity index (χ4v) is 5.37. The number of hydrogen-bond donors (Lipinski definition) is 1. The Morgan fingerprint density at radius 2 is 2.08 bits per heavy atom. The molecule has 1 N–H and O–H groups in total. The molecule has 6 nitrogen and oxygen atoms in total. The average molecular weight is 395 g/mol. The third kappa shape index (κ3) is 4.98. The predicted octanol–water partition coefficient (Wildman–Crippen LogP) is 2.07. The molecule has 0 spiro atoms. The van der Waals surface area contributed by atoms with Crippen LogP contribution in [0.5, 0.6) is 5.75 Å². The normalized spacial score (nSPS) is 18.4. The van der Waals surface area contributed by atoms with Gasteiger partial charge in [-0.2, -0.15) is 0 Å². The summed E-state index contributed by atoms with van der Waals surface area (Å²) in [6, 6.07) is 11.3. The molecule has 1 aromatic carbocycles. The fraction of sp³-hybridized carbons (Fsp3) is 0.389. The van der Waals surface area contributed by atoms with Crippen molar-refractivity contribution < 1.29 is 17.9 Å². The number of benzene rings is 1. The third-order valence-electron chi connectivity index (χ3n) is 4.30. The van der Waals surface area contributed by atoms with E-state index in [0.717, 1.165) is 16.3 Å². The van der Waals surface area contributed by atoms with Gasteiger partial charge in [0.15, 0.2) is 9.84 Å². The number of rotatable bonds is 7. The minimum absolute atomic E-state index is 0.0339. The molecule has 1 aliphatic heterocycles. The number of amides is 1. The van der Waals surface area contributed by atoms with Crippen molar-refractivity contribution >= 4 is 32.8 Å². The molecule has 1 atom stereocenters. The molecule has 1 amide bonds. The molecule has 1 aliphatic rings. The molecule has 1 aromatic heterocycles. The van der Waals surface area contributed by atoms with Crippen molar-refractivity contribution in [3.8, 4) is 5.75 Å². The van der Waals surface area contributed by atoms with E-state index in [0.29, 0.717) is 13.0 Å². The molecule has 8 heteroatoms. The minimum Gasteiger partial charge on any atom is -0.497 e. The van der Waals surface area contributed by atoms with E-state index in [9.17, 15) is 13.2 Å². The first-order valence-electron chi connectivity index (χ1n) is 8.36. The lowest BCUT2D eigenvalue weighted by Gasteiger charge is -2.25. The van der Waals surface area contributed by atoms with Crippen LogP contribution < -0.4 is 15.0 Å². The van der Waals surface area contributed by atoms with Crippen LogP contribution in [0.15, 0.2) is 41.8 Å². The zero-order valence-corrected chi connectivity index (χ0v) is 16.2. The molecule has 3 rings (SSSR count). The van der Waals surface area contributed by atoms with Crippen molar-refractivity contribution in [2.45, 2.75) is 19.0 Å². The van der Waals surface area contributed by atoms with Gasteiger partial charge in [0.05, 0.1) is 31.7 Å². The molecule has 140 valence electrons. The van der Waals surface area contributed by atoms with Gasteiger partial charge in [-0.1, -0.05) is 6.07 Å². The fourth-order valence-electron chi connectivity index (χ4n) is 2.98. The molecule has 2 aromatic rings. The van der Waals surface area contributed by atoms with Gasteiger partial charge in [-0.25, -0.2) is 8.42 Å². The van der Waals surface area contributed by atoms with Gasteiger partial charge in [-0.3, -0.25) is 4.79 Å². The van der Waals surface area contributed by atoms with Gasteiger partial charge in [0.2, 0.25) is 5.91 Å². The van der Waals surface area contributed by atoms with E-state index >= 15 is 0 Å². The average Bonchev–Trinajstić information content (AvgIpc) is 3.23. The Morgan fingerprint density at radius 3 is 2.65 bits per heavy atom. The predicted molar refractivity (Wildman–Crippen MR) is 104 cm³/mol. The third-order valence-corrected chi connectivity index (χ3v) is 6.93. The Kier molecular flexibility index (Phi) is 5.83. The van der Waals surface area contributed by atoms with Crippen LogP contribution in [-0.4, -0.2) is 45.5 Å². The quantitative estimate of drug-likeness (QED) is 0.778. The lowest BCUT2D eigenvalue weighted by molar-refractivity contribution is -0.120. The standard InChI is InChI=1S/C18H22N2O4S2/c1-24-16-6-4-15(5-7-16)20(11-17-3-2-9-25-17)12-18(21)19-14-8-10-26(22,23)13-14/h2-7,9,14H,8,10-13H2,1H3,(H,19,21). The molecule has 0 saturated carbocycles. The highest BCUT2D eigenvalue weighted by Crippen LogP contribution is 2.22. The number of ether oxygens (including phenoxy) is 1. The number of hydrogen-bond acceptors (Lipinski definition) is 6. The van der Waals surface area contributed by atoms with Gasteiger partial charge >= 0.3 is 0 Å². The molecular weight excluding hydrogens is 372 g/mol. The van der Waals surface area contributed by atoms with Gasteiger partial charge < -0.3 is 15.0 Å². The second kappa shape index (κ2) is 8.09. The summed E-state index contributed by atoms with van der Waals surface area (Å²) in [6.45, 7) is 0.779. The molecule has 1 unspecified atom stereocenters. The van der Waals surface area contributed by atoms with Gasteiger partial charge in [0, 0.05) is 16.6 Å². The minimum atomic E-state index is -3.01. The molecule has 2 heterocycles. The first-order valence-corrected chi connectivity index (χ1v) is 11.1. The van der Waals surface area contributed by atoms with Crippen LogP contribution in [-0.2, 0) is 21.2 Å². The lowest BCUT2D eigenvalue weighted by atomic mass is 10.2. The van der Waals surface area contributed by atoms with Crippen LogP contribution in [0.25, 0.3) is 0 Å². The Labute approximate surface area is 157 Å². The lowest BCUT2D eigenvalue weighted by Crippen LogP contribution is -2.42. The Morgan fingerprint density at radius 1 is 1.31 bits per heavy atom. The van der Waals surface area contributed by atoms with Crippen molar-refractivity contribution in [2.24, 2.45) is 0 Å². The molecular formula is C18H22N2O4S2. The largest absolute Gasteiger partial charge is 0.497 e. The van der Waals surface area contributed by atoms with E-state index in [4.69, 9.17) is 4.74 Å². The van der Waals surface area contributed by atoms with Crippen molar-refractivity contribution in [1.29, 1.82) is 0 Å². The van der Waals surface area contributed by atoms with Crippen molar-refractivity contribution in [3.05, 3.63) is 46.7 Å². The van der Waals surface area contributed by atoms with Gasteiger partial charge in [0.1, 0.15) is 5.75 Å². The van der Waals surface area contributed by atoms with E-state index in [1.165, 1.54) is 0 Å². The maximum atomic E-state index is 12.5. The maximum absolute atomic E-state index is 12.5. The molecule has 26 heavy (non-hydrogen) atoms. The van der Waals surface area contributed by atoms with Gasteiger partial charge in [-0.15, -0.1) is 11.3 Å². The van der Waals surface area contributed by atoms with Crippen LogP contribution in [0.1, 0.15) is 11.3 Å². The van der Waals surface area contributed by atoms with Crippen LogP contribution in [0.4, 0.5) is 5.69 Å². The summed E-state index contributed by atoms with van der Waals surface area (Å²) < 4.78 is 28.3. The Balaban J connectivity index is 1.69. The highest BCUT2D eigenvalue weighted by atomic mass is 32.2. The van der Waals surface area contributed by atoms with Crippen LogP contribution in [0, 0.1) is 0 Å². The SMILES string of the molecule is COc1ccc(N(CC(=O)NC2CCS(=O)(=O)C2)Cc2cccs2)cc1. The van der Waals surface area contributed by atoms with Crippen molar-refractivity contribution in [3.63, 3.8) is 0 Å². The van der Waals surface area contributed by atoms with Gasteiger partial charge in [0.25, 0.3) is 0 Å². The maximum Gasteiger partial charge on any atom is 0.239 e. The highest BCUT2D eigenvalue weighted by Gasteiger charge is 2.29. The smallest absolute Gasteiger partial charge is 0.239 e. The van der Waals surface area contributed by atoms with Crippen LogP contribution in [0.3, 0.4) is 0 Å². The Hall–Kier alpha value is -2.06. The summed E-state index contributed by atoms with van der Waals surface area (Å²) in [4.78, 5) is 15.6. The first kappa shape index (κ1) is 18.7. The molecule has 0 aliphatic carbocycles. The van der Waals surface area contributed by atoms with Crippen LogP contribution >= 0.6 is 11.3 Å². The molecule has 0 radical (unpaired) electrons. The summed E-state index contributed by atoms with van der Waals surface area (Å²) in [5.74, 6) is 0.770. The number of carbonyl (C=O) groups is 1. The van der Waals surface area contributed by atoms with E-state index in [-0.39, 0.29) is 30.0 Å². The van der Waals surface area contributed by atoms with E-state index in [1.807, 2.05) is 46.7 Å². The number of anilines is 1. The number of carbonyl (C=O) groups excluding carboxylic acids is 1. The second-order valence-electron chi connectivity index (χ2n) is 6.30. The highest BCUT2D eigenvalue weighted by molar-refractivity contribution is 7.91. The Bertz CT molecular complexity index is 833. The van der Waals surface area contributed by atoms with E-state index in [1.54, 1.807) is 18.4 Å². The van der Waals surface area contributed by atoms with Crippen molar-refractivity contribution in [2.75, 3.05) is 30.1 Å². The zero-order chi connectivity index (χ0) is 18.6. The summed E-state index contributed by atoms with van der Waals surface area (Å²) in [5.41, 5.74) is 0.911. The topological polar surface area (TPSA) is 75.7 Å². The monoisotopic (exact) mass is 394 g/mol. The number of thiophene rings is 1. The molecule has 0 bridgehead atoms. The second-order valence-corrected chi connectivity index (χ2v) is 9.56. The van der Waals surface area contributed by atoms with Gasteiger partial charge in [-0.05, 0) is 42.1 Å². The number of sulfone groups is 1. The summed E-state index contributed by atoms with van der Waals surface area (Å²) in [6.07, 6.45) is 0.488. The number of nitrogens with one attached hydrogen (secondary N) is 1. The zero-order valence-electron chi connectivity index (χ0n) is 14.6. The first-order chi connectivity index (χ1) is 12.4. The number of methoxy groups -OCH3 is 1. The van der Waals surface area contributed by atoms with E-state index in [2.05, 4.69) is 5.32 Å². The van der Waals surface area contributed by atoms with Crippen molar-refractivity contribution in [1.82, 2.24) is 5.32 Å². The summed E-state index contributed by atoms with van der Waals surface area (Å²) in [5, 5.41) is 4.86. The van der Waals surface area contributed by atoms with E-state index < -0.39 is 9.84 Å².